The van der Waals surface area contributed by atoms with Gasteiger partial charge in [0.15, 0.2) is 5.82 Å². The molecule has 0 unspecified atom stereocenters. The molecule has 7 heteroatoms. The molecule has 0 radical (unpaired) electrons. The van der Waals surface area contributed by atoms with Gasteiger partial charge in [-0.25, -0.2) is 0 Å². The van der Waals surface area contributed by atoms with Crippen molar-refractivity contribution < 1.29 is 9.53 Å². The van der Waals surface area contributed by atoms with Gasteiger partial charge >= 0.3 is 0 Å². The summed E-state index contributed by atoms with van der Waals surface area (Å²) in [6, 6.07) is 3.75. The summed E-state index contributed by atoms with van der Waals surface area (Å²) in [5.41, 5.74) is 1.65. The highest BCUT2D eigenvalue weighted by molar-refractivity contribution is 5.92. The highest BCUT2D eigenvalue weighted by Gasteiger charge is 2.16. The molecule has 2 aromatic heterocycles. The van der Waals surface area contributed by atoms with Crippen LogP contribution in [0.2, 0.25) is 0 Å². The Bertz CT molecular complexity index is 590. The summed E-state index contributed by atoms with van der Waals surface area (Å²) in [6.07, 6.45) is 2.53. The number of nitrogens with zero attached hydrogens (tertiary/aromatic N) is 4. The van der Waals surface area contributed by atoms with Crippen molar-refractivity contribution in [3.63, 3.8) is 0 Å². The van der Waals surface area contributed by atoms with E-state index in [2.05, 4.69) is 15.2 Å². The maximum Gasteiger partial charge on any atom is 0.270 e. The van der Waals surface area contributed by atoms with Crippen LogP contribution in [0.25, 0.3) is 0 Å². The van der Waals surface area contributed by atoms with Gasteiger partial charge in [-0.3, -0.25) is 4.79 Å². The number of aromatic nitrogens is 4. The summed E-state index contributed by atoms with van der Waals surface area (Å²) in [5, 5.41) is 7.95. The molecular weight excluding hydrogens is 270 g/mol. The number of H-pyrrole nitrogens is 1. The van der Waals surface area contributed by atoms with E-state index in [0.717, 1.165) is 17.9 Å². The van der Waals surface area contributed by atoms with Gasteiger partial charge in [0.1, 0.15) is 12.0 Å². The normalized spacial score (nSPS) is 10.8. The molecule has 0 saturated heterocycles. The fraction of sp³-hybridized carbons (Fsp3) is 0.500. The first-order valence-corrected chi connectivity index (χ1v) is 6.94. The van der Waals surface area contributed by atoms with Crippen LogP contribution in [-0.2, 0) is 24.2 Å². The van der Waals surface area contributed by atoms with Crippen molar-refractivity contribution in [1.82, 2.24) is 24.6 Å². The molecule has 114 valence electrons. The number of rotatable bonds is 7. The maximum atomic E-state index is 12.3. The van der Waals surface area contributed by atoms with Gasteiger partial charge in [-0.15, -0.1) is 10.2 Å². The van der Waals surface area contributed by atoms with Gasteiger partial charge < -0.3 is 19.2 Å². The van der Waals surface area contributed by atoms with Gasteiger partial charge in [0, 0.05) is 26.4 Å². The quantitative estimate of drug-likeness (QED) is 0.828. The molecule has 1 amide bonds. The molecule has 0 aromatic carbocycles. The van der Waals surface area contributed by atoms with Crippen molar-refractivity contribution in [1.29, 1.82) is 0 Å². The second-order valence-corrected chi connectivity index (χ2v) is 4.85. The van der Waals surface area contributed by atoms with Gasteiger partial charge in [-0.1, -0.05) is 6.92 Å². The summed E-state index contributed by atoms with van der Waals surface area (Å²) in [4.78, 5) is 17.1. The van der Waals surface area contributed by atoms with E-state index in [1.54, 1.807) is 25.4 Å². The number of amides is 1. The number of ether oxygens (including phenoxy) is 1. The van der Waals surface area contributed by atoms with E-state index in [-0.39, 0.29) is 5.91 Å². The van der Waals surface area contributed by atoms with E-state index in [1.807, 2.05) is 23.6 Å². The first-order chi connectivity index (χ1) is 10.2. The zero-order valence-corrected chi connectivity index (χ0v) is 12.7. The lowest BCUT2D eigenvalue weighted by molar-refractivity contribution is 0.0774. The minimum absolute atomic E-state index is 0.0593. The third kappa shape index (κ3) is 3.69. The SMILES string of the molecule is CCc1ccc(C(=O)N(C)Cc2nncn2CCOC)[nH]1. The maximum absolute atomic E-state index is 12.3. The molecule has 0 fully saturated rings. The first-order valence-electron chi connectivity index (χ1n) is 6.94. The van der Waals surface area contributed by atoms with Crippen molar-refractivity contribution >= 4 is 5.91 Å². The Balaban J connectivity index is 2.02. The number of methoxy groups -OCH3 is 1. The minimum atomic E-state index is -0.0593. The Morgan fingerprint density at radius 1 is 1.48 bits per heavy atom. The lowest BCUT2D eigenvalue weighted by Gasteiger charge is -2.16. The monoisotopic (exact) mass is 291 g/mol. The predicted molar refractivity (Wildman–Crippen MR) is 77.9 cm³/mol. The van der Waals surface area contributed by atoms with Crippen LogP contribution in [0, 0.1) is 0 Å². The summed E-state index contributed by atoms with van der Waals surface area (Å²) in [7, 11) is 3.40. The zero-order valence-electron chi connectivity index (χ0n) is 12.7. The average molecular weight is 291 g/mol. The number of carbonyl (C=O) groups excluding carboxylic acids is 1. The molecule has 0 atom stereocenters. The Hall–Kier alpha value is -2.15. The zero-order chi connectivity index (χ0) is 15.2. The number of aryl methyl sites for hydroxylation is 1. The van der Waals surface area contributed by atoms with E-state index in [4.69, 9.17) is 4.74 Å². The molecule has 0 aliphatic rings. The van der Waals surface area contributed by atoms with E-state index < -0.39 is 0 Å². The minimum Gasteiger partial charge on any atom is -0.383 e. The summed E-state index contributed by atoms with van der Waals surface area (Å²) >= 11 is 0. The predicted octanol–water partition coefficient (Wildman–Crippen LogP) is 1.09. The number of hydrogen-bond donors (Lipinski definition) is 1. The number of aromatic amines is 1. The van der Waals surface area contributed by atoms with Gasteiger partial charge in [-0.05, 0) is 18.6 Å². The molecule has 2 rings (SSSR count). The van der Waals surface area contributed by atoms with Gasteiger partial charge in [0.25, 0.3) is 5.91 Å². The Kier molecular flexibility index (Phi) is 5.10. The van der Waals surface area contributed by atoms with Crippen molar-refractivity contribution in [3.05, 3.63) is 35.7 Å². The molecule has 1 N–H and O–H groups in total. The second kappa shape index (κ2) is 7.03. The summed E-state index contributed by atoms with van der Waals surface area (Å²) in [5.74, 6) is 0.682. The third-order valence-electron chi connectivity index (χ3n) is 3.32. The number of nitrogens with one attached hydrogen (secondary N) is 1. The van der Waals surface area contributed by atoms with Crippen LogP contribution in [0.15, 0.2) is 18.5 Å². The van der Waals surface area contributed by atoms with Crippen molar-refractivity contribution in [2.24, 2.45) is 0 Å². The van der Waals surface area contributed by atoms with Crippen molar-refractivity contribution in [2.45, 2.75) is 26.4 Å². The topological polar surface area (TPSA) is 76.0 Å². The van der Waals surface area contributed by atoms with Crippen LogP contribution in [0.4, 0.5) is 0 Å². The summed E-state index contributed by atoms with van der Waals surface area (Å²) in [6.45, 7) is 3.70. The molecule has 0 aliphatic carbocycles. The molecule has 0 saturated carbocycles. The molecule has 7 nitrogen and oxygen atoms in total. The van der Waals surface area contributed by atoms with Crippen LogP contribution in [0.5, 0.6) is 0 Å². The highest BCUT2D eigenvalue weighted by atomic mass is 16.5. The molecule has 0 spiro atoms. The van der Waals surface area contributed by atoms with Gasteiger partial charge in [0.2, 0.25) is 0 Å². The molecule has 0 aliphatic heterocycles. The number of carbonyl (C=O) groups is 1. The first kappa shape index (κ1) is 15.2. The van der Waals surface area contributed by atoms with Crippen molar-refractivity contribution in [2.75, 3.05) is 20.8 Å². The largest absolute Gasteiger partial charge is 0.383 e. The van der Waals surface area contributed by atoms with Crippen LogP contribution in [0.1, 0.15) is 28.9 Å². The molecule has 2 aromatic rings. The van der Waals surface area contributed by atoms with Crippen LogP contribution >= 0.6 is 0 Å². The van der Waals surface area contributed by atoms with Crippen LogP contribution < -0.4 is 0 Å². The third-order valence-corrected chi connectivity index (χ3v) is 3.32. The number of hydrogen-bond acceptors (Lipinski definition) is 4. The van der Waals surface area contributed by atoms with E-state index in [0.29, 0.717) is 25.4 Å². The van der Waals surface area contributed by atoms with Crippen LogP contribution in [0.3, 0.4) is 0 Å². The van der Waals surface area contributed by atoms with Gasteiger partial charge in [0.05, 0.1) is 13.2 Å². The van der Waals surface area contributed by atoms with E-state index >= 15 is 0 Å². The lowest BCUT2D eigenvalue weighted by Crippen LogP contribution is -2.28. The smallest absolute Gasteiger partial charge is 0.270 e. The van der Waals surface area contributed by atoms with E-state index in [9.17, 15) is 4.79 Å². The standard InChI is InChI=1S/C14H21N5O2/c1-4-11-5-6-12(16-11)14(20)18(2)9-13-17-15-10-19(13)7-8-21-3/h5-6,10,16H,4,7-9H2,1-3H3. The Morgan fingerprint density at radius 2 is 2.29 bits per heavy atom. The molecule has 2 heterocycles. The highest BCUT2D eigenvalue weighted by Crippen LogP contribution is 2.08. The molecule has 21 heavy (non-hydrogen) atoms. The van der Waals surface area contributed by atoms with Crippen LogP contribution in [-0.4, -0.2) is 51.3 Å². The summed E-state index contributed by atoms with van der Waals surface area (Å²) < 4.78 is 6.93. The second-order valence-electron chi connectivity index (χ2n) is 4.85. The van der Waals surface area contributed by atoms with E-state index in [1.165, 1.54) is 0 Å². The molecule has 0 bridgehead atoms. The molecular formula is C14H21N5O2. The average Bonchev–Trinajstić information content (AvgIpc) is 3.13. The Labute approximate surface area is 123 Å². The lowest BCUT2D eigenvalue weighted by atomic mass is 10.3. The fourth-order valence-electron chi connectivity index (χ4n) is 2.04. The van der Waals surface area contributed by atoms with Crippen molar-refractivity contribution in [3.8, 4) is 0 Å². The van der Waals surface area contributed by atoms with Gasteiger partial charge in [-0.2, -0.15) is 0 Å². The fourth-order valence-corrected chi connectivity index (χ4v) is 2.04. The Morgan fingerprint density at radius 3 is 2.95 bits per heavy atom.